The molecule has 0 spiro atoms. The Morgan fingerprint density at radius 2 is 1.70 bits per heavy atom. The first kappa shape index (κ1) is 14.6. The van der Waals surface area contributed by atoms with Crippen molar-refractivity contribution >= 4 is 11.5 Å². The van der Waals surface area contributed by atoms with Crippen molar-refractivity contribution in [2.75, 3.05) is 5.32 Å². The number of alkyl halides is 3. The SMILES string of the molecule is CC1(C)CC(=O)C=C(Nc2ccc(C(F)(F)F)cc2)C1. The molecule has 5 heteroatoms. The maximum Gasteiger partial charge on any atom is 0.416 e. The molecule has 0 aromatic heterocycles. The number of halogens is 3. The van der Waals surface area contributed by atoms with Crippen molar-refractivity contribution in [3.63, 3.8) is 0 Å². The number of carbonyl (C=O) groups excluding carboxylic acids is 1. The minimum absolute atomic E-state index is 0.0376. The number of rotatable bonds is 2. The zero-order chi connectivity index (χ0) is 15.0. The largest absolute Gasteiger partial charge is 0.416 e. The van der Waals surface area contributed by atoms with E-state index in [1.807, 2.05) is 13.8 Å². The molecule has 0 saturated heterocycles. The summed E-state index contributed by atoms with van der Waals surface area (Å²) in [6.07, 6.45) is -1.62. The van der Waals surface area contributed by atoms with Crippen molar-refractivity contribution in [3.05, 3.63) is 41.6 Å². The summed E-state index contributed by atoms with van der Waals surface area (Å²) in [5.74, 6) is 0.0376. The van der Waals surface area contributed by atoms with Gasteiger partial charge in [0.2, 0.25) is 0 Å². The highest BCUT2D eigenvalue weighted by Gasteiger charge is 2.30. The highest BCUT2D eigenvalue weighted by Crippen LogP contribution is 2.34. The van der Waals surface area contributed by atoms with Crippen molar-refractivity contribution in [1.29, 1.82) is 0 Å². The van der Waals surface area contributed by atoms with Crippen LogP contribution in [0.25, 0.3) is 0 Å². The van der Waals surface area contributed by atoms with E-state index in [1.165, 1.54) is 18.2 Å². The number of anilines is 1. The maximum atomic E-state index is 12.5. The van der Waals surface area contributed by atoms with E-state index in [0.717, 1.165) is 17.8 Å². The van der Waals surface area contributed by atoms with Crippen LogP contribution in [-0.4, -0.2) is 5.78 Å². The Bertz CT molecular complexity index is 541. The topological polar surface area (TPSA) is 29.1 Å². The fraction of sp³-hybridized carbons (Fsp3) is 0.400. The number of ketones is 1. The van der Waals surface area contributed by atoms with Gasteiger partial charge in [0.1, 0.15) is 0 Å². The predicted octanol–water partition coefficient (Wildman–Crippen LogP) is 4.39. The minimum Gasteiger partial charge on any atom is -0.359 e. The van der Waals surface area contributed by atoms with Crippen LogP contribution in [-0.2, 0) is 11.0 Å². The summed E-state index contributed by atoms with van der Waals surface area (Å²) >= 11 is 0. The van der Waals surface area contributed by atoms with Crippen LogP contribution in [0.3, 0.4) is 0 Å². The van der Waals surface area contributed by atoms with E-state index in [4.69, 9.17) is 0 Å². The third-order valence-electron chi connectivity index (χ3n) is 3.17. The van der Waals surface area contributed by atoms with Crippen LogP contribution in [0, 0.1) is 5.41 Å². The van der Waals surface area contributed by atoms with Crippen molar-refractivity contribution in [2.24, 2.45) is 5.41 Å². The van der Waals surface area contributed by atoms with Crippen LogP contribution in [0.15, 0.2) is 36.0 Å². The van der Waals surface area contributed by atoms with Gasteiger partial charge < -0.3 is 5.32 Å². The van der Waals surface area contributed by atoms with Crippen LogP contribution in [0.4, 0.5) is 18.9 Å². The molecule has 1 N–H and O–H groups in total. The molecule has 0 atom stereocenters. The number of carbonyl (C=O) groups is 1. The lowest BCUT2D eigenvalue weighted by Crippen LogP contribution is -2.24. The molecule has 0 heterocycles. The average molecular weight is 283 g/mol. The average Bonchev–Trinajstić information content (AvgIpc) is 2.25. The minimum atomic E-state index is -4.33. The van der Waals surface area contributed by atoms with E-state index in [1.54, 1.807) is 0 Å². The number of hydrogen-bond donors (Lipinski definition) is 1. The molecule has 1 aliphatic carbocycles. The van der Waals surface area contributed by atoms with Gasteiger partial charge in [-0.3, -0.25) is 4.79 Å². The molecule has 0 bridgehead atoms. The molecule has 0 radical (unpaired) electrons. The lowest BCUT2D eigenvalue weighted by Gasteiger charge is -2.29. The second-order valence-electron chi connectivity index (χ2n) is 5.85. The van der Waals surface area contributed by atoms with Gasteiger partial charge in [-0.05, 0) is 36.1 Å². The smallest absolute Gasteiger partial charge is 0.359 e. The Labute approximate surface area is 115 Å². The number of allylic oxidation sites excluding steroid dienone is 2. The Kier molecular flexibility index (Phi) is 3.63. The second-order valence-corrected chi connectivity index (χ2v) is 5.85. The summed E-state index contributed by atoms with van der Waals surface area (Å²) in [6, 6.07) is 4.79. The molecule has 0 fully saturated rings. The molecular formula is C15H16F3NO. The Morgan fingerprint density at radius 1 is 1.10 bits per heavy atom. The molecule has 1 aliphatic rings. The lowest BCUT2D eigenvalue weighted by molar-refractivity contribution is -0.137. The fourth-order valence-corrected chi connectivity index (χ4v) is 2.35. The van der Waals surface area contributed by atoms with Gasteiger partial charge in [-0.1, -0.05) is 13.8 Å². The van der Waals surface area contributed by atoms with Gasteiger partial charge in [0, 0.05) is 23.9 Å². The van der Waals surface area contributed by atoms with Gasteiger partial charge in [0.05, 0.1) is 5.56 Å². The molecule has 0 saturated carbocycles. The molecule has 20 heavy (non-hydrogen) atoms. The number of hydrogen-bond acceptors (Lipinski definition) is 2. The van der Waals surface area contributed by atoms with E-state index < -0.39 is 11.7 Å². The van der Waals surface area contributed by atoms with E-state index in [0.29, 0.717) is 18.5 Å². The Morgan fingerprint density at radius 3 is 2.20 bits per heavy atom. The standard InChI is InChI=1S/C15H16F3NO/c1-14(2)8-12(7-13(20)9-14)19-11-5-3-10(4-6-11)15(16,17)18/h3-7,19H,8-9H2,1-2H3. The third-order valence-corrected chi connectivity index (χ3v) is 3.17. The first-order chi connectivity index (χ1) is 9.16. The van der Waals surface area contributed by atoms with Crippen LogP contribution in [0.1, 0.15) is 32.3 Å². The maximum absolute atomic E-state index is 12.5. The monoisotopic (exact) mass is 283 g/mol. The molecule has 1 aromatic rings. The highest BCUT2D eigenvalue weighted by molar-refractivity contribution is 5.92. The van der Waals surface area contributed by atoms with Gasteiger partial charge in [-0.2, -0.15) is 13.2 Å². The summed E-state index contributed by atoms with van der Waals surface area (Å²) in [5.41, 5.74) is 0.484. The first-order valence-electron chi connectivity index (χ1n) is 6.33. The molecule has 0 aliphatic heterocycles. The molecule has 108 valence electrons. The van der Waals surface area contributed by atoms with Crippen LogP contribution in [0.5, 0.6) is 0 Å². The normalized spacial score (nSPS) is 18.6. The van der Waals surface area contributed by atoms with Crippen molar-refractivity contribution in [2.45, 2.75) is 32.9 Å². The quantitative estimate of drug-likeness (QED) is 0.872. The summed E-state index contributed by atoms with van der Waals surface area (Å²) in [6.45, 7) is 3.98. The third kappa shape index (κ3) is 3.62. The fourth-order valence-electron chi connectivity index (χ4n) is 2.35. The molecular weight excluding hydrogens is 267 g/mol. The summed E-state index contributed by atoms with van der Waals surface area (Å²) in [7, 11) is 0. The molecule has 2 nitrogen and oxygen atoms in total. The summed E-state index contributed by atoms with van der Waals surface area (Å²) in [5, 5.41) is 3.02. The van der Waals surface area contributed by atoms with Crippen molar-refractivity contribution < 1.29 is 18.0 Å². The molecule has 1 aromatic carbocycles. The predicted molar refractivity (Wildman–Crippen MR) is 71.2 cm³/mol. The van der Waals surface area contributed by atoms with Crippen molar-refractivity contribution in [1.82, 2.24) is 0 Å². The van der Waals surface area contributed by atoms with Crippen LogP contribution < -0.4 is 5.32 Å². The van der Waals surface area contributed by atoms with Gasteiger partial charge in [0.25, 0.3) is 0 Å². The molecule has 2 rings (SSSR count). The highest BCUT2D eigenvalue weighted by atomic mass is 19.4. The lowest BCUT2D eigenvalue weighted by atomic mass is 9.79. The van der Waals surface area contributed by atoms with Gasteiger partial charge >= 0.3 is 6.18 Å². The van der Waals surface area contributed by atoms with Crippen LogP contribution >= 0.6 is 0 Å². The van der Waals surface area contributed by atoms with E-state index >= 15 is 0 Å². The molecule has 0 amide bonds. The van der Waals surface area contributed by atoms with Gasteiger partial charge in [-0.25, -0.2) is 0 Å². The second kappa shape index (κ2) is 4.96. The van der Waals surface area contributed by atoms with E-state index in [2.05, 4.69) is 5.32 Å². The van der Waals surface area contributed by atoms with Gasteiger partial charge in [0.15, 0.2) is 5.78 Å². The van der Waals surface area contributed by atoms with Crippen molar-refractivity contribution in [3.8, 4) is 0 Å². The Balaban J connectivity index is 2.13. The molecule has 0 unspecified atom stereocenters. The van der Waals surface area contributed by atoms with E-state index in [9.17, 15) is 18.0 Å². The number of benzene rings is 1. The number of nitrogens with one attached hydrogen (secondary N) is 1. The van der Waals surface area contributed by atoms with Crippen LogP contribution in [0.2, 0.25) is 0 Å². The Hall–Kier alpha value is -1.78. The summed E-state index contributed by atoms with van der Waals surface area (Å²) in [4.78, 5) is 11.6. The first-order valence-corrected chi connectivity index (χ1v) is 6.33. The zero-order valence-corrected chi connectivity index (χ0v) is 11.3. The summed E-state index contributed by atoms with van der Waals surface area (Å²) < 4.78 is 37.4. The van der Waals surface area contributed by atoms with Gasteiger partial charge in [-0.15, -0.1) is 0 Å². The van der Waals surface area contributed by atoms with E-state index in [-0.39, 0.29) is 11.2 Å². The zero-order valence-electron chi connectivity index (χ0n) is 11.3.